The maximum atomic E-state index is 12.8. The summed E-state index contributed by atoms with van der Waals surface area (Å²) < 4.78 is 0.737. The molecule has 1 amide bonds. The molecule has 0 bridgehead atoms. The van der Waals surface area contributed by atoms with Crippen LogP contribution in [0.15, 0.2) is 52.9 Å². The predicted molar refractivity (Wildman–Crippen MR) is 116 cm³/mol. The Morgan fingerprint density at radius 3 is 2.71 bits per heavy atom. The molecule has 28 heavy (non-hydrogen) atoms. The standard InChI is InChI=1S/C20H19ClN4OS2/c1-12-7-8-15(11-16(12)21)23-19-24-25-20(28-19)27-17(13-5-3-2-4-6-13)18(26)22-14-9-10-14/h2-8,11,14,17H,9-10H2,1H3,(H,22,26)(H,23,24). The van der Waals surface area contributed by atoms with Crippen LogP contribution in [-0.4, -0.2) is 22.1 Å². The lowest BCUT2D eigenvalue weighted by atomic mass is 10.1. The van der Waals surface area contributed by atoms with Gasteiger partial charge in [-0.2, -0.15) is 0 Å². The van der Waals surface area contributed by atoms with E-state index >= 15 is 0 Å². The molecule has 1 heterocycles. The summed E-state index contributed by atoms with van der Waals surface area (Å²) in [6.07, 6.45) is 2.12. The molecule has 0 aliphatic heterocycles. The van der Waals surface area contributed by atoms with Crippen LogP contribution in [0.3, 0.4) is 0 Å². The molecule has 0 radical (unpaired) electrons. The first-order chi connectivity index (χ1) is 13.6. The van der Waals surface area contributed by atoms with Crippen molar-refractivity contribution in [2.24, 2.45) is 0 Å². The second-order valence-corrected chi connectivity index (χ2v) is 9.39. The number of halogens is 1. The SMILES string of the molecule is Cc1ccc(Nc2nnc(SC(C(=O)NC3CC3)c3ccccc3)s2)cc1Cl. The molecule has 3 aromatic rings. The molecular weight excluding hydrogens is 412 g/mol. The zero-order chi connectivity index (χ0) is 19.5. The lowest BCUT2D eigenvalue weighted by Crippen LogP contribution is -2.29. The maximum Gasteiger partial charge on any atom is 0.238 e. The number of nitrogens with zero attached hydrogens (tertiary/aromatic N) is 2. The first-order valence-electron chi connectivity index (χ1n) is 8.97. The third-order valence-electron chi connectivity index (χ3n) is 4.31. The smallest absolute Gasteiger partial charge is 0.238 e. The van der Waals surface area contributed by atoms with E-state index in [1.165, 1.54) is 23.1 Å². The monoisotopic (exact) mass is 430 g/mol. The topological polar surface area (TPSA) is 66.9 Å². The number of anilines is 2. The van der Waals surface area contributed by atoms with Crippen molar-refractivity contribution in [1.29, 1.82) is 0 Å². The number of benzene rings is 2. The number of rotatable bonds is 7. The van der Waals surface area contributed by atoms with Crippen molar-refractivity contribution in [2.45, 2.75) is 35.4 Å². The summed E-state index contributed by atoms with van der Waals surface area (Å²) in [5.74, 6) is 0.0220. The van der Waals surface area contributed by atoms with Crippen LogP contribution >= 0.6 is 34.7 Å². The van der Waals surface area contributed by atoms with Gasteiger partial charge in [0.05, 0.1) is 0 Å². The van der Waals surface area contributed by atoms with Gasteiger partial charge in [-0.05, 0) is 43.0 Å². The molecule has 1 aromatic heterocycles. The Labute approximate surface area is 176 Å². The molecule has 1 atom stereocenters. The van der Waals surface area contributed by atoms with E-state index in [0.29, 0.717) is 16.2 Å². The number of nitrogens with one attached hydrogen (secondary N) is 2. The number of carbonyl (C=O) groups excluding carboxylic acids is 1. The van der Waals surface area contributed by atoms with E-state index in [2.05, 4.69) is 20.8 Å². The first kappa shape index (κ1) is 19.2. The minimum absolute atomic E-state index is 0.0220. The minimum Gasteiger partial charge on any atom is -0.352 e. The summed E-state index contributed by atoms with van der Waals surface area (Å²) in [7, 11) is 0. The van der Waals surface area contributed by atoms with Crippen LogP contribution in [0, 0.1) is 6.92 Å². The Morgan fingerprint density at radius 2 is 2.00 bits per heavy atom. The molecule has 4 rings (SSSR count). The molecule has 0 saturated heterocycles. The predicted octanol–water partition coefficient (Wildman–Crippen LogP) is 5.36. The Balaban J connectivity index is 1.49. The van der Waals surface area contributed by atoms with Gasteiger partial charge in [-0.3, -0.25) is 4.79 Å². The Kier molecular flexibility index (Phi) is 5.85. The van der Waals surface area contributed by atoms with E-state index < -0.39 is 0 Å². The van der Waals surface area contributed by atoms with Crippen molar-refractivity contribution < 1.29 is 4.79 Å². The number of thioether (sulfide) groups is 1. The number of aromatic nitrogens is 2. The van der Waals surface area contributed by atoms with Gasteiger partial charge in [-0.1, -0.05) is 71.1 Å². The average molecular weight is 431 g/mol. The quantitative estimate of drug-likeness (QED) is 0.494. The fraction of sp³-hybridized carbons (Fsp3) is 0.250. The number of aryl methyl sites for hydroxylation is 1. The average Bonchev–Trinajstić information content (AvgIpc) is 3.40. The molecule has 5 nitrogen and oxygen atoms in total. The van der Waals surface area contributed by atoms with Crippen LogP contribution in [-0.2, 0) is 4.79 Å². The third kappa shape index (κ3) is 4.84. The van der Waals surface area contributed by atoms with Gasteiger partial charge in [-0.25, -0.2) is 0 Å². The van der Waals surface area contributed by atoms with Crippen LogP contribution in [0.1, 0.15) is 29.2 Å². The van der Waals surface area contributed by atoms with Crippen LogP contribution in [0.25, 0.3) is 0 Å². The summed E-state index contributed by atoms with van der Waals surface area (Å²) in [4.78, 5) is 12.8. The van der Waals surface area contributed by atoms with E-state index in [1.54, 1.807) is 0 Å². The maximum absolute atomic E-state index is 12.8. The summed E-state index contributed by atoms with van der Waals surface area (Å²) in [6.45, 7) is 1.96. The second-order valence-electron chi connectivity index (χ2n) is 6.65. The molecular formula is C20H19ClN4OS2. The van der Waals surface area contributed by atoms with Gasteiger partial charge in [0.15, 0.2) is 4.34 Å². The van der Waals surface area contributed by atoms with Gasteiger partial charge in [0.2, 0.25) is 11.0 Å². The van der Waals surface area contributed by atoms with Crippen molar-refractivity contribution in [3.8, 4) is 0 Å². The van der Waals surface area contributed by atoms with Crippen LogP contribution in [0.5, 0.6) is 0 Å². The first-order valence-corrected chi connectivity index (χ1v) is 11.0. The molecule has 1 fully saturated rings. The van der Waals surface area contributed by atoms with Gasteiger partial charge in [0, 0.05) is 16.8 Å². The molecule has 144 valence electrons. The van der Waals surface area contributed by atoms with Gasteiger partial charge in [0.25, 0.3) is 0 Å². The van der Waals surface area contributed by atoms with Gasteiger partial charge < -0.3 is 10.6 Å². The summed E-state index contributed by atoms with van der Waals surface area (Å²) in [5.41, 5.74) is 2.84. The summed E-state index contributed by atoms with van der Waals surface area (Å²) in [5, 5.41) is 15.8. The molecule has 8 heteroatoms. The molecule has 0 spiro atoms. The number of hydrogen-bond donors (Lipinski definition) is 2. The van der Waals surface area contributed by atoms with Crippen molar-refractivity contribution in [1.82, 2.24) is 15.5 Å². The molecule has 1 saturated carbocycles. The normalized spacial score (nSPS) is 14.5. The minimum atomic E-state index is -0.351. The summed E-state index contributed by atoms with van der Waals surface area (Å²) >= 11 is 9.02. The van der Waals surface area contributed by atoms with Crippen LogP contribution < -0.4 is 10.6 Å². The highest BCUT2D eigenvalue weighted by molar-refractivity contribution is 8.01. The van der Waals surface area contributed by atoms with Crippen molar-refractivity contribution >= 4 is 51.4 Å². The van der Waals surface area contributed by atoms with E-state index in [1.807, 2.05) is 55.5 Å². The van der Waals surface area contributed by atoms with Crippen LogP contribution in [0.2, 0.25) is 5.02 Å². The second kappa shape index (κ2) is 8.51. The number of amides is 1. The van der Waals surface area contributed by atoms with Crippen molar-refractivity contribution in [3.05, 3.63) is 64.7 Å². The Morgan fingerprint density at radius 1 is 1.21 bits per heavy atom. The molecule has 1 aliphatic carbocycles. The van der Waals surface area contributed by atoms with Crippen molar-refractivity contribution in [3.63, 3.8) is 0 Å². The van der Waals surface area contributed by atoms with E-state index in [-0.39, 0.29) is 11.2 Å². The fourth-order valence-corrected chi connectivity index (χ4v) is 4.76. The number of carbonyl (C=O) groups is 1. The van der Waals surface area contributed by atoms with Crippen molar-refractivity contribution in [2.75, 3.05) is 5.32 Å². The van der Waals surface area contributed by atoms with Gasteiger partial charge in [0.1, 0.15) is 5.25 Å². The highest BCUT2D eigenvalue weighted by Gasteiger charge is 2.29. The van der Waals surface area contributed by atoms with Gasteiger partial charge in [-0.15, -0.1) is 10.2 Å². The largest absolute Gasteiger partial charge is 0.352 e. The van der Waals surface area contributed by atoms with E-state index in [0.717, 1.165) is 34.0 Å². The third-order valence-corrected chi connectivity index (χ3v) is 6.90. The molecule has 1 unspecified atom stereocenters. The summed E-state index contributed by atoms with van der Waals surface area (Å²) in [6, 6.07) is 15.9. The lowest BCUT2D eigenvalue weighted by molar-refractivity contribution is -0.120. The van der Waals surface area contributed by atoms with E-state index in [9.17, 15) is 4.79 Å². The zero-order valence-electron chi connectivity index (χ0n) is 15.2. The Hall–Kier alpha value is -2.09. The Bertz CT molecular complexity index is 975. The van der Waals surface area contributed by atoms with Gasteiger partial charge >= 0.3 is 0 Å². The highest BCUT2D eigenvalue weighted by Crippen LogP contribution is 2.39. The van der Waals surface area contributed by atoms with Crippen LogP contribution in [0.4, 0.5) is 10.8 Å². The molecule has 1 aliphatic rings. The number of hydrogen-bond acceptors (Lipinski definition) is 6. The highest BCUT2D eigenvalue weighted by atomic mass is 35.5. The molecule has 2 aromatic carbocycles. The molecule has 2 N–H and O–H groups in total. The van der Waals surface area contributed by atoms with E-state index in [4.69, 9.17) is 11.6 Å². The fourth-order valence-electron chi connectivity index (χ4n) is 2.61. The zero-order valence-corrected chi connectivity index (χ0v) is 17.6. The lowest BCUT2D eigenvalue weighted by Gasteiger charge is -2.15.